The molecule has 0 aliphatic rings. The molecule has 0 saturated heterocycles. The summed E-state index contributed by atoms with van der Waals surface area (Å²) < 4.78 is 27.4. The third-order valence-corrected chi connectivity index (χ3v) is 6.47. The van der Waals surface area contributed by atoms with Gasteiger partial charge in [-0.2, -0.15) is 0 Å². The van der Waals surface area contributed by atoms with Crippen molar-refractivity contribution in [1.82, 2.24) is 5.32 Å². The van der Waals surface area contributed by atoms with Crippen LogP contribution in [0.3, 0.4) is 0 Å². The number of aryl methyl sites for hydroxylation is 2. The topological polar surface area (TPSA) is 75.3 Å². The Morgan fingerprint density at radius 1 is 0.967 bits per heavy atom. The number of carbonyl (C=O) groups is 1. The fraction of sp³-hybridized carbons (Fsp3) is 0.174. The summed E-state index contributed by atoms with van der Waals surface area (Å²) in [6.45, 7) is 5.94. The molecule has 0 aliphatic carbocycles. The first-order valence-corrected chi connectivity index (χ1v) is 11.3. The van der Waals surface area contributed by atoms with Gasteiger partial charge in [0.25, 0.3) is 15.9 Å². The number of hydrogen-bond donors (Lipinski definition) is 2. The van der Waals surface area contributed by atoms with Gasteiger partial charge in [0.05, 0.1) is 27.2 Å². The number of carbonyl (C=O) groups excluding carboxylic acids is 1. The number of amides is 1. The molecule has 2 N–H and O–H groups in total. The van der Waals surface area contributed by atoms with Crippen LogP contribution in [0.15, 0.2) is 71.6 Å². The van der Waals surface area contributed by atoms with E-state index in [1.807, 2.05) is 32.9 Å². The predicted octanol–water partition coefficient (Wildman–Crippen LogP) is 5.25. The summed E-state index contributed by atoms with van der Waals surface area (Å²) in [5, 5.41) is 3.11. The third kappa shape index (κ3) is 5.01. The second-order valence-electron chi connectivity index (χ2n) is 7.17. The van der Waals surface area contributed by atoms with E-state index in [4.69, 9.17) is 11.6 Å². The van der Waals surface area contributed by atoms with E-state index >= 15 is 0 Å². The van der Waals surface area contributed by atoms with Gasteiger partial charge in [0, 0.05) is 0 Å². The molecule has 7 heteroatoms. The van der Waals surface area contributed by atoms with Gasteiger partial charge in [-0.15, -0.1) is 0 Å². The van der Waals surface area contributed by atoms with Crippen molar-refractivity contribution in [2.45, 2.75) is 31.7 Å². The Bertz CT molecular complexity index is 1180. The van der Waals surface area contributed by atoms with Gasteiger partial charge in [0.2, 0.25) is 0 Å². The Labute approximate surface area is 182 Å². The summed E-state index contributed by atoms with van der Waals surface area (Å²) in [6.07, 6.45) is 0. The number of hydrogen-bond acceptors (Lipinski definition) is 3. The SMILES string of the molecule is Cc1ccc(C(C)NC(=O)c2ccc(NS(=O)(=O)c3ccccc3)cc2Cl)c(C)c1. The molecule has 3 aromatic rings. The number of rotatable bonds is 6. The van der Waals surface area contributed by atoms with Gasteiger partial charge in [0.15, 0.2) is 0 Å². The lowest BCUT2D eigenvalue weighted by Gasteiger charge is -2.18. The first kappa shape index (κ1) is 21.9. The van der Waals surface area contributed by atoms with Crippen LogP contribution in [0, 0.1) is 13.8 Å². The standard InChI is InChI=1S/C23H23ClN2O3S/c1-15-9-11-20(16(2)13-15)17(3)25-23(27)21-12-10-18(14-22(21)24)26-30(28,29)19-7-5-4-6-8-19/h4-14,17,26H,1-3H3,(H,25,27). The number of benzene rings is 3. The molecule has 0 saturated carbocycles. The van der Waals surface area contributed by atoms with Crippen molar-refractivity contribution in [3.63, 3.8) is 0 Å². The summed E-state index contributed by atoms with van der Waals surface area (Å²) >= 11 is 6.28. The van der Waals surface area contributed by atoms with Crippen molar-refractivity contribution in [2.75, 3.05) is 4.72 Å². The summed E-state index contributed by atoms with van der Waals surface area (Å²) in [4.78, 5) is 12.9. The minimum Gasteiger partial charge on any atom is -0.345 e. The highest BCUT2D eigenvalue weighted by atomic mass is 35.5. The molecule has 0 bridgehead atoms. The molecule has 3 aromatic carbocycles. The van der Waals surface area contributed by atoms with Gasteiger partial charge in [-0.25, -0.2) is 8.42 Å². The molecule has 0 radical (unpaired) electrons. The summed E-state index contributed by atoms with van der Waals surface area (Å²) in [5.74, 6) is -0.329. The van der Waals surface area contributed by atoms with Crippen LogP contribution in [-0.2, 0) is 10.0 Å². The second kappa shape index (κ2) is 8.90. The molecule has 0 heterocycles. The van der Waals surface area contributed by atoms with Crippen molar-refractivity contribution in [1.29, 1.82) is 0 Å². The van der Waals surface area contributed by atoms with Crippen LogP contribution in [-0.4, -0.2) is 14.3 Å². The Morgan fingerprint density at radius 3 is 2.30 bits per heavy atom. The highest BCUT2D eigenvalue weighted by molar-refractivity contribution is 7.92. The molecule has 0 aromatic heterocycles. The maximum absolute atomic E-state index is 12.7. The summed E-state index contributed by atoms with van der Waals surface area (Å²) in [6, 6.07) is 18.4. The highest BCUT2D eigenvalue weighted by Gasteiger charge is 2.18. The lowest BCUT2D eigenvalue weighted by molar-refractivity contribution is 0.0940. The second-order valence-corrected chi connectivity index (χ2v) is 9.26. The van der Waals surface area contributed by atoms with E-state index in [2.05, 4.69) is 16.1 Å². The van der Waals surface area contributed by atoms with Gasteiger partial charge in [-0.1, -0.05) is 53.6 Å². The summed E-state index contributed by atoms with van der Waals surface area (Å²) in [7, 11) is -3.74. The zero-order valence-corrected chi connectivity index (χ0v) is 18.5. The molecule has 0 aliphatic heterocycles. The normalized spacial score (nSPS) is 12.3. The molecule has 0 spiro atoms. The van der Waals surface area contributed by atoms with Crippen LogP contribution in [0.2, 0.25) is 5.02 Å². The van der Waals surface area contributed by atoms with Gasteiger partial charge in [-0.05, 0) is 62.2 Å². The van der Waals surface area contributed by atoms with E-state index in [0.717, 1.165) is 16.7 Å². The molecule has 1 amide bonds. The molecule has 1 atom stereocenters. The van der Waals surface area contributed by atoms with Crippen molar-refractivity contribution in [3.05, 3.63) is 94.0 Å². The van der Waals surface area contributed by atoms with E-state index in [1.165, 1.54) is 30.3 Å². The average Bonchev–Trinajstić information content (AvgIpc) is 2.68. The van der Waals surface area contributed by atoms with Crippen LogP contribution < -0.4 is 10.0 Å². The van der Waals surface area contributed by atoms with Crippen molar-refractivity contribution >= 4 is 33.2 Å². The maximum Gasteiger partial charge on any atom is 0.261 e. The fourth-order valence-electron chi connectivity index (χ4n) is 3.24. The molecule has 1 unspecified atom stereocenters. The molecular weight excluding hydrogens is 420 g/mol. The van der Waals surface area contributed by atoms with E-state index in [-0.39, 0.29) is 33.1 Å². The van der Waals surface area contributed by atoms with Crippen molar-refractivity contribution in [3.8, 4) is 0 Å². The average molecular weight is 443 g/mol. The predicted molar refractivity (Wildman–Crippen MR) is 120 cm³/mol. The van der Waals surface area contributed by atoms with Gasteiger partial charge in [0.1, 0.15) is 0 Å². The molecule has 5 nitrogen and oxygen atoms in total. The van der Waals surface area contributed by atoms with Gasteiger partial charge in [-0.3, -0.25) is 9.52 Å². The van der Waals surface area contributed by atoms with Crippen LogP contribution in [0.5, 0.6) is 0 Å². The van der Waals surface area contributed by atoms with Gasteiger partial charge >= 0.3 is 0 Å². The Morgan fingerprint density at radius 2 is 1.67 bits per heavy atom. The minimum atomic E-state index is -3.74. The highest BCUT2D eigenvalue weighted by Crippen LogP contribution is 2.25. The monoisotopic (exact) mass is 442 g/mol. The van der Waals surface area contributed by atoms with Crippen LogP contribution >= 0.6 is 11.6 Å². The smallest absolute Gasteiger partial charge is 0.261 e. The largest absolute Gasteiger partial charge is 0.345 e. The maximum atomic E-state index is 12.7. The van der Waals surface area contributed by atoms with Crippen LogP contribution in [0.1, 0.15) is 40.0 Å². The molecule has 30 heavy (non-hydrogen) atoms. The zero-order chi connectivity index (χ0) is 21.9. The summed E-state index contributed by atoms with van der Waals surface area (Å²) in [5.41, 5.74) is 3.84. The van der Waals surface area contributed by atoms with Crippen LogP contribution in [0.25, 0.3) is 0 Å². The number of nitrogens with one attached hydrogen (secondary N) is 2. The molecule has 3 rings (SSSR count). The third-order valence-electron chi connectivity index (χ3n) is 4.76. The zero-order valence-electron chi connectivity index (χ0n) is 16.9. The van der Waals surface area contributed by atoms with Crippen molar-refractivity contribution < 1.29 is 13.2 Å². The number of anilines is 1. The molecule has 156 valence electrons. The van der Waals surface area contributed by atoms with E-state index in [9.17, 15) is 13.2 Å². The molecule has 0 fully saturated rings. The number of halogens is 1. The van der Waals surface area contributed by atoms with Crippen LogP contribution in [0.4, 0.5) is 5.69 Å². The lowest BCUT2D eigenvalue weighted by atomic mass is 10.00. The van der Waals surface area contributed by atoms with E-state index < -0.39 is 10.0 Å². The van der Waals surface area contributed by atoms with E-state index in [0.29, 0.717) is 0 Å². The number of sulfonamides is 1. The Balaban J connectivity index is 1.75. The minimum absolute atomic E-state index is 0.144. The first-order valence-electron chi connectivity index (χ1n) is 9.43. The van der Waals surface area contributed by atoms with E-state index in [1.54, 1.807) is 18.2 Å². The van der Waals surface area contributed by atoms with Gasteiger partial charge < -0.3 is 5.32 Å². The molecular formula is C23H23ClN2O3S. The quantitative estimate of drug-likeness (QED) is 0.547. The van der Waals surface area contributed by atoms with Crippen molar-refractivity contribution in [2.24, 2.45) is 0 Å². The first-order chi connectivity index (χ1) is 14.2. The fourth-order valence-corrected chi connectivity index (χ4v) is 4.58. The lowest BCUT2D eigenvalue weighted by Crippen LogP contribution is -2.27. The Hall–Kier alpha value is -2.83. The Kier molecular flexibility index (Phi) is 6.48.